The second-order valence-corrected chi connectivity index (χ2v) is 8.09. The van der Waals surface area contributed by atoms with Crippen LogP contribution in [0.4, 0.5) is 0 Å². The summed E-state index contributed by atoms with van der Waals surface area (Å²) < 4.78 is 11.4. The Balaban J connectivity index is 0.000000481. The van der Waals surface area contributed by atoms with E-state index in [1.165, 1.54) is 5.56 Å². The summed E-state index contributed by atoms with van der Waals surface area (Å²) in [6, 6.07) is 16.2. The molecule has 1 atom stereocenters. The summed E-state index contributed by atoms with van der Waals surface area (Å²) in [4.78, 5) is 23.7. The molecule has 0 saturated carbocycles. The molecular formula is C25H30N2O7. The number of aromatic nitrogens is 1. The molecule has 3 aromatic rings. The van der Waals surface area contributed by atoms with Crippen LogP contribution in [0.25, 0.3) is 10.9 Å². The molecule has 1 aromatic heterocycles. The van der Waals surface area contributed by atoms with Crippen LogP contribution < -0.4 is 9.47 Å². The molecular weight excluding hydrogens is 440 g/mol. The first-order chi connectivity index (χ1) is 16.4. The summed E-state index contributed by atoms with van der Waals surface area (Å²) >= 11 is 0. The molecule has 0 amide bonds. The molecule has 1 aliphatic rings. The molecule has 0 radical (unpaired) electrons. The number of likely N-dealkylation sites (tertiary alicyclic amines) is 1. The van der Waals surface area contributed by atoms with Crippen molar-refractivity contribution in [1.82, 2.24) is 9.88 Å². The molecule has 0 unspecified atom stereocenters. The van der Waals surface area contributed by atoms with Gasteiger partial charge in [-0.2, -0.15) is 0 Å². The maximum Gasteiger partial charge on any atom is 0.414 e. The minimum absolute atomic E-state index is 0.302. The van der Waals surface area contributed by atoms with Crippen LogP contribution in [0.1, 0.15) is 24.3 Å². The smallest absolute Gasteiger partial charge is 0.414 e. The van der Waals surface area contributed by atoms with Gasteiger partial charge in [-0.05, 0) is 61.7 Å². The van der Waals surface area contributed by atoms with E-state index in [0.717, 1.165) is 48.3 Å². The van der Waals surface area contributed by atoms with Crippen molar-refractivity contribution < 1.29 is 34.4 Å². The number of hydrogen-bond acceptors (Lipinski definition) is 6. The number of aliphatic hydroxyl groups is 1. The standard InChI is InChI=1S/C23H28N2O3.C2H2O4/c1-27-22-7-3-2-5-19(22)17-10-13-25(14-11-17)15-18(26)16-28-23-8-4-6-21-20(23)9-12-24-21;3-1(4)2(5)6/h2-9,12,17-18,24,26H,10-11,13-16H2,1H3;(H,3,4)(H,5,6)/t18-;/m0./s1. The van der Waals surface area contributed by atoms with Gasteiger partial charge in [0.15, 0.2) is 0 Å². The second kappa shape index (κ2) is 12.1. The van der Waals surface area contributed by atoms with Gasteiger partial charge in [-0.25, -0.2) is 9.59 Å². The largest absolute Gasteiger partial charge is 0.496 e. The van der Waals surface area contributed by atoms with Crippen LogP contribution >= 0.6 is 0 Å². The van der Waals surface area contributed by atoms with Crippen molar-refractivity contribution in [3.05, 3.63) is 60.3 Å². The van der Waals surface area contributed by atoms with Crippen LogP contribution in [0.5, 0.6) is 11.5 Å². The number of piperidine rings is 1. The molecule has 9 heteroatoms. The highest BCUT2D eigenvalue weighted by Crippen LogP contribution is 2.34. The zero-order valence-corrected chi connectivity index (χ0v) is 19.0. The Kier molecular flexibility index (Phi) is 8.89. The van der Waals surface area contributed by atoms with Gasteiger partial charge in [0.2, 0.25) is 0 Å². The highest BCUT2D eigenvalue weighted by Gasteiger charge is 2.24. The normalized spacial score (nSPS) is 15.2. The number of aliphatic carboxylic acids is 2. The fourth-order valence-electron chi connectivity index (χ4n) is 4.15. The summed E-state index contributed by atoms with van der Waals surface area (Å²) in [7, 11) is 1.73. The molecule has 2 heterocycles. The number of rotatable bonds is 7. The van der Waals surface area contributed by atoms with Gasteiger partial charge >= 0.3 is 11.9 Å². The number of carbonyl (C=O) groups is 2. The molecule has 0 aliphatic carbocycles. The third kappa shape index (κ3) is 6.72. The molecule has 4 rings (SSSR count). The van der Waals surface area contributed by atoms with E-state index in [1.54, 1.807) is 7.11 Å². The Labute approximate surface area is 197 Å². The van der Waals surface area contributed by atoms with Gasteiger partial charge in [0, 0.05) is 23.6 Å². The predicted octanol–water partition coefficient (Wildman–Crippen LogP) is 2.95. The number of carboxylic acids is 2. The summed E-state index contributed by atoms with van der Waals surface area (Å²) in [5, 5.41) is 26.3. The van der Waals surface area contributed by atoms with Crippen molar-refractivity contribution in [3.63, 3.8) is 0 Å². The van der Waals surface area contributed by atoms with E-state index >= 15 is 0 Å². The first-order valence-corrected chi connectivity index (χ1v) is 11.1. The number of nitrogens with zero attached hydrogens (tertiary/aromatic N) is 1. The average Bonchev–Trinajstić information content (AvgIpc) is 3.33. The molecule has 1 fully saturated rings. The van der Waals surface area contributed by atoms with Crippen molar-refractivity contribution >= 4 is 22.8 Å². The number of nitrogens with one attached hydrogen (secondary N) is 1. The van der Waals surface area contributed by atoms with Crippen molar-refractivity contribution in [3.8, 4) is 11.5 Å². The summed E-state index contributed by atoms with van der Waals surface area (Å²) in [5.74, 6) is -1.34. The van der Waals surface area contributed by atoms with E-state index in [-0.39, 0.29) is 0 Å². The second-order valence-electron chi connectivity index (χ2n) is 8.09. The van der Waals surface area contributed by atoms with Crippen molar-refractivity contribution in [2.75, 3.05) is 33.4 Å². The predicted molar refractivity (Wildman–Crippen MR) is 126 cm³/mol. The number of β-amino-alcohol motifs (C(OH)–C–C–N with tert-alkyl or cyclic N) is 1. The number of fused-ring (bicyclic) bond motifs is 1. The van der Waals surface area contributed by atoms with Crippen LogP contribution in [0, 0.1) is 0 Å². The monoisotopic (exact) mass is 470 g/mol. The fraction of sp³-hybridized carbons (Fsp3) is 0.360. The number of benzene rings is 2. The molecule has 4 N–H and O–H groups in total. The van der Waals surface area contributed by atoms with Gasteiger partial charge in [0.05, 0.1) is 7.11 Å². The van der Waals surface area contributed by atoms with E-state index in [9.17, 15) is 5.11 Å². The van der Waals surface area contributed by atoms with Crippen LogP contribution in [0.3, 0.4) is 0 Å². The van der Waals surface area contributed by atoms with Crippen LogP contribution in [-0.4, -0.2) is 76.6 Å². The topological polar surface area (TPSA) is 132 Å². The zero-order valence-electron chi connectivity index (χ0n) is 19.0. The van der Waals surface area contributed by atoms with Gasteiger partial charge in [0.25, 0.3) is 0 Å². The minimum atomic E-state index is -1.82. The number of aromatic amines is 1. The minimum Gasteiger partial charge on any atom is -0.496 e. The Hall–Kier alpha value is -3.56. The third-order valence-corrected chi connectivity index (χ3v) is 5.80. The fourth-order valence-corrected chi connectivity index (χ4v) is 4.15. The molecule has 1 saturated heterocycles. The number of para-hydroxylation sites is 1. The van der Waals surface area contributed by atoms with Crippen LogP contribution in [0.2, 0.25) is 0 Å². The molecule has 1 aliphatic heterocycles. The molecule has 34 heavy (non-hydrogen) atoms. The van der Waals surface area contributed by atoms with Gasteiger partial charge in [-0.1, -0.05) is 24.3 Å². The first-order valence-electron chi connectivity index (χ1n) is 11.1. The van der Waals surface area contributed by atoms with Crippen molar-refractivity contribution in [2.24, 2.45) is 0 Å². The molecule has 0 bridgehead atoms. The maximum absolute atomic E-state index is 10.5. The quantitative estimate of drug-likeness (QED) is 0.388. The Morgan fingerprint density at radius 3 is 2.38 bits per heavy atom. The third-order valence-electron chi connectivity index (χ3n) is 5.80. The van der Waals surface area contributed by atoms with E-state index in [4.69, 9.17) is 29.3 Å². The lowest BCUT2D eigenvalue weighted by molar-refractivity contribution is -0.159. The average molecular weight is 471 g/mol. The summed E-state index contributed by atoms with van der Waals surface area (Å²) in [6.45, 7) is 2.90. The van der Waals surface area contributed by atoms with E-state index in [1.807, 2.05) is 42.6 Å². The maximum atomic E-state index is 10.5. The van der Waals surface area contributed by atoms with Gasteiger partial charge in [-0.15, -0.1) is 0 Å². The van der Waals surface area contributed by atoms with Gasteiger partial charge in [0.1, 0.15) is 24.2 Å². The van der Waals surface area contributed by atoms with E-state index in [2.05, 4.69) is 22.0 Å². The van der Waals surface area contributed by atoms with E-state index < -0.39 is 18.0 Å². The lowest BCUT2D eigenvalue weighted by Gasteiger charge is -2.33. The Morgan fingerprint density at radius 1 is 1.03 bits per heavy atom. The lowest BCUT2D eigenvalue weighted by Crippen LogP contribution is -2.40. The van der Waals surface area contributed by atoms with Gasteiger partial charge in [-0.3, -0.25) is 0 Å². The highest BCUT2D eigenvalue weighted by molar-refractivity contribution is 6.27. The van der Waals surface area contributed by atoms with Crippen LogP contribution in [-0.2, 0) is 9.59 Å². The summed E-state index contributed by atoms with van der Waals surface area (Å²) in [6.07, 6.45) is 3.56. The number of ether oxygens (including phenoxy) is 2. The number of hydrogen-bond donors (Lipinski definition) is 4. The number of carboxylic acid groups (broad SMARTS) is 2. The van der Waals surface area contributed by atoms with Crippen molar-refractivity contribution in [2.45, 2.75) is 24.9 Å². The summed E-state index contributed by atoms with van der Waals surface area (Å²) in [5.41, 5.74) is 2.35. The van der Waals surface area contributed by atoms with Crippen molar-refractivity contribution in [1.29, 1.82) is 0 Å². The molecule has 9 nitrogen and oxygen atoms in total. The molecule has 2 aromatic carbocycles. The molecule has 182 valence electrons. The lowest BCUT2D eigenvalue weighted by atomic mass is 9.88. The number of aliphatic hydroxyl groups excluding tert-OH is 1. The molecule has 0 spiro atoms. The number of H-pyrrole nitrogens is 1. The zero-order chi connectivity index (χ0) is 24.5. The SMILES string of the molecule is COc1ccccc1C1CCN(C[C@H](O)COc2cccc3[nH]ccc23)CC1.O=C(O)C(=O)O. The van der Waals surface area contributed by atoms with Gasteiger partial charge < -0.3 is 34.7 Å². The Bertz CT molecular complexity index is 1080. The number of methoxy groups -OCH3 is 1. The highest BCUT2D eigenvalue weighted by atomic mass is 16.5. The van der Waals surface area contributed by atoms with Crippen LogP contribution in [0.15, 0.2) is 54.7 Å². The first kappa shape index (κ1) is 25.1. The van der Waals surface area contributed by atoms with E-state index in [0.29, 0.717) is 19.1 Å². The Morgan fingerprint density at radius 2 is 1.71 bits per heavy atom.